The van der Waals surface area contributed by atoms with Gasteiger partial charge in [0.25, 0.3) is 0 Å². The second kappa shape index (κ2) is 7.68. The maximum absolute atomic E-state index is 13.1. The van der Waals surface area contributed by atoms with E-state index in [0.29, 0.717) is 0 Å². The van der Waals surface area contributed by atoms with Crippen LogP contribution in [0.25, 0.3) is 6.08 Å². The van der Waals surface area contributed by atoms with Crippen molar-refractivity contribution in [1.82, 2.24) is 0 Å². The van der Waals surface area contributed by atoms with E-state index < -0.39 is 11.6 Å². The average Bonchev–Trinajstić information content (AvgIpc) is 2.19. The summed E-state index contributed by atoms with van der Waals surface area (Å²) in [6.07, 6.45) is 6.54. The zero-order chi connectivity index (χ0) is 10.4. The maximum Gasteiger partial charge on any atom is 1.00 e. The normalized spacial score (nSPS) is 10.3. The van der Waals surface area contributed by atoms with Crippen LogP contribution in [0.15, 0.2) is 18.2 Å². The zero-order valence-electron chi connectivity index (χ0n) is 9.19. The van der Waals surface area contributed by atoms with E-state index in [-0.39, 0.29) is 24.4 Å². The number of allylic oxidation sites excluding steroid dienone is 1. The molecule has 0 heterocycles. The minimum Gasteiger partial charge on any atom is -0.281 e. The molecule has 3 heteroatoms. The van der Waals surface area contributed by atoms with Crippen molar-refractivity contribution in [2.75, 3.05) is 0 Å². The molecule has 15 heavy (non-hydrogen) atoms. The Bertz CT molecular complexity index is 321. The first kappa shape index (κ1) is 14.4. The molecular formula is C12H13F2Li. The minimum absolute atomic E-state index is 0. The van der Waals surface area contributed by atoms with E-state index in [1.807, 2.05) is 6.08 Å². The van der Waals surface area contributed by atoms with Crippen molar-refractivity contribution in [3.63, 3.8) is 0 Å². The van der Waals surface area contributed by atoms with Crippen LogP contribution in [-0.4, -0.2) is 0 Å². The van der Waals surface area contributed by atoms with Crippen LogP contribution in [0.1, 0.15) is 31.7 Å². The van der Waals surface area contributed by atoms with Gasteiger partial charge >= 0.3 is 18.9 Å². The monoisotopic (exact) mass is 202 g/mol. The fourth-order valence-electron chi connectivity index (χ4n) is 1.13. The molecule has 0 aliphatic rings. The summed E-state index contributed by atoms with van der Waals surface area (Å²) in [6.45, 7) is 2.09. The Balaban J connectivity index is 0.00000196. The van der Waals surface area contributed by atoms with Gasteiger partial charge < -0.3 is 0 Å². The molecule has 0 fully saturated rings. The first-order chi connectivity index (χ1) is 6.75. The molecule has 0 atom stereocenters. The van der Waals surface area contributed by atoms with E-state index in [2.05, 4.69) is 13.0 Å². The van der Waals surface area contributed by atoms with Gasteiger partial charge in [0.1, 0.15) is 0 Å². The van der Waals surface area contributed by atoms with Gasteiger partial charge in [0.2, 0.25) is 0 Å². The number of hydrogen-bond donors (Lipinski definition) is 0. The Morgan fingerprint density at radius 2 is 2.13 bits per heavy atom. The molecular weight excluding hydrogens is 189 g/mol. The Hall–Kier alpha value is -0.583. The van der Waals surface area contributed by atoms with Crippen LogP contribution in [0.2, 0.25) is 0 Å². The van der Waals surface area contributed by atoms with E-state index in [9.17, 15) is 8.78 Å². The molecule has 0 aliphatic heterocycles. The molecule has 76 valence electrons. The Morgan fingerprint density at radius 1 is 1.40 bits per heavy atom. The van der Waals surface area contributed by atoms with Gasteiger partial charge in [-0.25, -0.2) is 4.39 Å². The van der Waals surface area contributed by atoms with Crippen molar-refractivity contribution in [2.45, 2.75) is 26.2 Å². The van der Waals surface area contributed by atoms with Crippen LogP contribution < -0.4 is 18.9 Å². The van der Waals surface area contributed by atoms with Crippen molar-refractivity contribution in [1.29, 1.82) is 0 Å². The smallest absolute Gasteiger partial charge is 0.281 e. The van der Waals surface area contributed by atoms with Crippen molar-refractivity contribution >= 4 is 6.08 Å². The van der Waals surface area contributed by atoms with E-state index in [1.165, 1.54) is 12.1 Å². The zero-order valence-corrected chi connectivity index (χ0v) is 9.19. The summed E-state index contributed by atoms with van der Waals surface area (Å²) in [6, 6.07) is 5.07. The Kier molecular flexibility index (Phi) is 7.38. The molecule has 1 aromatic carbocycles. The van der Waals surface area contributed by atoms with Crippen molar-refractivity contribution in [3.05, 3.63) is 41.5 Å². The van der Waals surface area contributed by atoms with Crippen molar-refractivity contribution in [3.8, 4) is 0 Å². The number of halogens is 2. The van der Waals surface area contributed by atoms with Gasteiger partial charge in [-0.05, 0) is 6.42 Å². The molecule has 0 saturated carbocycles. The topological polar surface area (TPSA) is 0 Å². The molecule has 0 saturated heterocycles. The third kappa shape index (κ3) is 4.64. The average molecular weight is 202 g/mol. The molecule has 0 aromatic heterocycles. The predicted octanol–water partition coefficient (Wildman–Crippen LogP) is 0.972. The second-order valence-corrected chi connectivity index (χ2v) is 3.11. The molecule has 0 N–H and O–H groups in total. The van der Waals surface area contributed by atoms with Gasteiger partial charge in [0.05, 0.1) is 5.82 Å². The standard InChI is InChI=1S/C12H13F2.Li/c1-2-3-4-5-7-10-8-6-9-11(13)12(10)14;/h5-8H,2-4H2,1H3;/q-1;+1. The minimum atomic E-state index is -0.914. The van der Waals surface area contributed by atoms with Gasteiger partial charge in [-0.2, -0.15) is 12.1 Å². The van der Waals surface area contributed by atoms with Gasteiger partial charge in [0, 0.05) is 5.82 Å². The predicted molar refractivity (Wildman–Crippen MR) is 53.8 cm³/mol. The maximum atomic E-state index is 13.1. The number of unbranched alkanes of at least 4 members (excludes halogenated alkanes) is 2. The molecule has 0 bridgehead atoms. The van der Waals surface area contributed by atoms with E-state index in [1.54, 1.807) is 6.08 Å². The number of benzene rings is 1. The molecule has 1 aromatic rings. The fraction of sp³-hybridized carbons (Fsp3) is 0.333. The molecule has 0 nitrogen and oxygen atoms in total. The van der Waals surface area contributed by atoms with Gasteiger partial charge in [0.15, 0.2) is 0 Å². The fourth-order valence-corrected chi connectivity index (χ4v) is 1.13. The van der Waals surface area contributed by atoms with E-state index >= 15 is 0 Å². The summed E-state index contributed by atoms with van der Waals surface area (Å²) in [4.78, 5) is 0. The van der Waals surface area contributed by atoms with Crippen LogP contribution in [0.3, 0.4) is 0 Å². The van der Waals surface area contributed by atoms with Crippen LogP contribution in [0.4, 0.5) is 8.78 Å². The van der Waals surface area contributed by atoms with Gasteiger partial charge in [-0.3, -0.25) is 4.39 Å². The van der Waals surface area contributed by atoms with E-state index in [4.69, 9.17) is 0 Å². The van der Waals surface area contributed by atoms with Crippen molar-refractivity contribution in [2.24, 2.45) is 0 Å². The number of hydrogen-bond acceptors (Lipinski definition) is 0. The summed E-state index contributed by atoms with van der Waals surface area (Å²) in [7, 11) is 0. The largest absolute Gasteiger partial charge is 1.00 e. The third-order valence-electron chi connectivity index (χ3n) is 1.94. The molecule has 0 amide bonds. The number of rotatable bonds is 4. The summed E-state index contributed by atoms with van der Waals surface area (Å²) in [5.74, 6) is -1.73. The van der Waals surface area contributed by atoms with Crippen LogP contribution >= 0.6 is 0 Å². The summed E-state index contributed by atoms with van der Waals surface area (Å²) in [5, 5.41) is 0. The van der Waals surface area contributed by atoms with Crippen LogP contribution in [-0.2, 0) is 0 Å². The SMILES string of the molecule is CCCCC=Cc1cc[c-]c(F)c1F.[Li+]. The van der Waals surface area contributed by atoms with Gasteiger partial charge in [-0.1, -0.05) is 37.5 Å². The molecule has 0 unspecified atom stereocenters. The van der Waals surface area contributed by atoms with Crippen LogP contribution in [0.5, 0.6) is 0 Å². The quantitative estimate of drug-likeness (QED) is 0.388. The molecule has 0 radical (unpaired) electrons. The summed E-state index contributed by atoms with van der Waals surface area (Å²) >= 11 is 0. The van der Waals surface area contributed by atoms with E-state index in [0.717, 1.165) is 19.3 Å². The first-order valence-corrected chi connectivity index (χ1v) is 4.78. The second-order valence-electron chi connectivity index (χ2n) is 3.11. The summed E-state index contributed by atoms with van der Waals surface area (Å²) in [5.41, 5.74) is 0.289. The third-order valence-corrected chi connectivity index (χ3v) is 1.94. The van der Waals surface area contributed by atoms with Gasteiger partial charge in [-0.15, -0.1) is 6.07 Å². The molecule has 1 rings (SSSR count). The molecule has 0 spiro atoms. The van der Waals surface area contributed by atoms with Crippen molar-refractivity contribution < 1.29 is 27.6 Å². The molecule has 0 aliphatic carbocycles. The summed E-state index contributed by atoms with van der Waals surface area (Å²) < 4.78 is 25.7. The Labute approximate surface area is 102 Å². The Morgan fingerprint density at radius 3 is 2.80 bits per heavy atom. The van der Waals surface area contributed by atoms with Crippen LogP contribution in [0, 0.1) is 17.7 Å². The first-order valence-electron chi connectivity index (χ1n) is 4.78.